The van der Waals surface area contributed by atoms with Gasteiger partial charge in [-0.15, -0.1) is 0 Å². The fraction of sp³-hybridized carbons (Fsp3) is 0.900. The lowest BCUT2D eigenvalue weighted by Crippen LogP contribution is -2.50. The Morgan fingerprint density at radius 2 is 2.13 bits per heavy atom. The average molecular weight is 215 g/mol. The molecule has 0 radical (unpaired) electrons. The molecule has 1 aliphatic heterocycles. The first-order valence-electron chi connectivity index (χ1n) is 5.43. The fourth-order valence-corrected chi connectivity index (χ4v) is 1.63. The molecule has 1 atom stereocenters. The predicted molar refractivity (Wildman–Crippen MR) is 58.5 cm³/mol. The van der Waals surface area contributed by atoms with Crippen molar-refractivity contribution in [3.05, 3.63) is 0 Å². The molecule has 1 unspecified atom stereocenters. The van der Waals surface area contributed by atoms with Gasteiger partial charge in [0.05, 0.1) is 19.3 Å². The standard InChI is InChI=1S/C10H21N3O2/c1-9(12(2)4-3-11)10(14)13-5-7-15-8-6-13/h9H,3-8,11H2,1-2H3. The summed E-state index contributed by atoms with van der Waals surface area (Å²) in [5.74, 6) is 0.175. The largest absolute Gasteiger partial charge is 0.378 e. The highest BCUT2D eigenvalue weighted by molar-refractivity contribution is 5.81. The van der Waals surface area contributed by atoms with Crippen molar-refractivity contribution < 1.29 is 9.53 Å². The highest BCUT2D eigenvalue weighted by Crippen LogP contribution is 2.04. The maximum Gasteiger partial charge on any atom is 0.239 e. The first-order valence-corrected chi connectivity index (χ1v) is 5.43. The van der Waals surface area contributed by atoms with Crippen LogP contribution in [0.15, 0.2) is 0 Å². The zero-order valence-electron chi connectivity index (χ0n) is 9.61. The van der Waals surface area contributed by atoms with Crippen molar-refractivity contribution >= 4 is 5.91 Å². The zero-order valence-corrected chi connectivity index (χ0v) is 9.61. The molecule has 1 rings (SSSR count). The van der Waals surface area contributed by atoms with Crippen LogP contribution in [0.25, 0.3) is 0 Å². The average Bonchev–Trinajstić information content (AvgIpc) is 2.28. The van der Waals surface area contributed by atoms with E-state index in [1.165, 1.54) is 0 Å². The molecule has 1 heterocycles. The summed E-state index contributed by atoms with van der Waals surface area (Å²) in [5, 5.41) is 0. The molecule has 0 aromatic carbocycles. The number of nitrogens with zero attached hydrogens (tertiary/aromatic N) is 2. The van der Waals surface area contributed by atoms with Gasteiger partial charge in [0.15, 0.2) is 0 Å². The van der Waals surface area contributed by atoms with Gasteiger partial charge in [-0.05, 0) is 14.0 Å². The van der Waals surface area contributed by atoms with Gasteiger partial charge < -0.3 is 15.4 Å². The topological polar surface area (TPSA) is 58.8 Å². The van der Waals surface area contributed by atoms with E-state index in [0.29, 0.717) is 32.8 Å². The van der Waals surface area contributed by atoms with Crippen LogP contribution in [0.3, 0.4) is 0 Å². The molecule has 1 amide bonds. The third-order valence-corrected chi connectivity index (χ3v) is 2.82. The van der Waals surface area contributed by atoms with Gasteiger partial charge in [-0.2, -0.15) is 0 Å². The number of hydrogen-bond acceptors (Lipinski definition) is 4. The van der Waals surface area contributed by atoms with E-state index in [1.807, 2.05) is 23.8 Å². The lowest BCUT2D eigenvalue weighted by atomic mass is 10.2. The Morgan fingerprint density at radius 1 is 1.53 bits per heavy atom. The number of likely N-dealkylation sites (N-methyl/N-ethyl adjacent to an activating group) is 1. The first kappa shape index (κ1) is 12.4. The second kappa shape index (κ2) is 6.05. The van der Waals surface area contributed by atoms with Gasteiger partial charge >= 0.3 is 0 Å². The van der Waals surface area contributed by atoms with Gasteiger partial charge in [-0.1, -0.05) is 0 Å². The van der Waals surface area contributed by atoms with Crippen LogP contribution in [0, 0.1) is 0 Å². The van der Waals surface area contributed by atoms with Crippen molar-refractivity contribution in [2.24, 2.45) is 5.73 Å². The maximum absolute atomic E-state index is 12.0. The normalized spacial score (nSPS) is 19.3. The molecular formula is C10H21N3O2. The van der Waals surface area contributed by atoms with Crippen LogP contribution in [0.2, 0.25) is 0 Å². The summed E-state index contributed by atoms with van der Waals surface area (Å²) in [6.45, 7) is 5.97. The first-order chi connectivity index (χ1) is 7.16. The minimum Gasteiger partial charge on any atom is -0.378 e. The number of carbonyl (C=O) groups is 1. The second-order valence-electron chi connectivity index (χ2n) is 3.88. The fourth-order valence-electron chi connectivity index (χ4n) is 1.63. The van der Waals surface area contributed by atoms with E-state index < -0.39 is 0 Å². The van der Waals surface area contributed by atoms with Crippen LogP contribution in [0.4, 0.5) is 0 Å². The Labute approximate surface area is 91.2 Å². The SMILES string of the molecule is CC(C(=O)N1CCOCC1)N(C)CCN. The van der Waals surface area contributed by atoms with Crippen LogP contribution in [-0.4, -0.2) is 68.2 Å². The summed E-state index contributed by atoms with van der Waals surface area (Å²) in [7, 11) is 1.93. The van der Waals surface area contributed by atoms with Gasteiger partial charge in [0.2, 0.25) is 5.91 Å². The third-order valence-electron chi connectivity index (χ3n) is 2.82. The summed E-state index contributed by atoms with van der Waals surface area (Å²) in [5.41, 5.74) is 5.46. The second-order valence-corrected chi connectivity index (χ2v) is 3.88. The van der Waals surface area contributed by atoms with Crippen LogP contribution >= 0.6 is 0 Å². The molecule has 15 heavy (non-hydrogen) atoms. The van der Waals surface area contributed by atoms with Crippen LogP contribution in [0.1, 0.15) is 6.92 Å². The summed E-state index contributed by atoms with van der Waals surface area (Å²) in [4.78, 5) is 15.8. The minimum absolute atomic E-state index is 0.0911. The van der Waals surface area contributed by atoms with E-state index >= 15 is 0 Å². The van der Waals surface area contributed by atoms with Gasteiger partial charge in [0, 0.05) is 26.2 Å². The molecule has 5 heteroatoms. The number of hydrogen-bond donors (Lipinski definition) is 1. The summed E-state index contributed by atoms with van der Waals surface area (Å²) >= 11 is 0. The number of morpholine rings is 1. The number of amides is 1. The lowest BCUT2D eigenvalue weighted by molar-refractivity contribution is -0.140. The quantitative estimate of drug-likeness (QED) is 0.662. The lowest BCUT2D eigenvalue weighted by Gasteiger charge is -2.32. The van der Waals surface area contributed by atoms with Crippen molar-refractivity contribution in [1.82, 2.24) is 9.80 Å². The molecule has 0 aliphatic carbocycles. The van der Waals surface area contributed by atoms with Crippen LogP contribution < -0.4 is 5.73 Å². The van der Waals surface area contributed by atoms with E-state index in [4.69, 9.17) is 10.5 Å². The summed E-state index contributed by atoms with van der Waals surface area (Å²) in [6.07, 6.45) is 0. The maximum atomic E-state index is 12.0. The molecule has 1 fully saturated rings. The van der Waals surface area contributed by atoms with E-state index in [2.05, 4.69) is 0 Å². The number of nitrogens with two attached hydrogens (primary N) is 1. The molecule has 2 N–H and O–H groups in total. The Kier molecular flexibility index (Phi) is 5.01. The Hall–Kier alpha value is -0.650. The highest BCUT2D eigenvalue weighted by atomic mass is 16.5. The molecule has 0 aromatic heterocycles. The van der Waals surface area contributed by atoms with Crippen LogP contribution in [-0.2, 0) is 9.53 Å². The number of ether oxygens (including phenoxy) is 1. The van der Waals surface area contributed by atoms with E-state index in [0.717, 1.165) is 6.54 Å². The molecule has 0 spiro atoms. The molecule has 0 aromatic rings. The van der Waals surface area contributed by atoms with E-state index in [9.17, 15) is 4.79 Å². The number of rotatable bonds is 4. The minimum atomic E-state index is -0.0911. The van der Waals surface area contributed by atoms with Crippen molar-refractivity contribution in [2.45, 2.75) is 13.0 Å². The number of carbonyl (C=O) groups excluding carboxylic acids is 1. The molecule has 5 nitrogen and oxygen atoms in total. The van der Waals surface area contributed by atoms with E-state index in [-0.39, 0.29) is 11.9 Å². The molecule has 1 saturated heterocycles. The zero-order chi connectivity index (χ0) is 11.3. The van der Waals surface area contributed by atoms with Crippen molar-refractivity contribution in [2.75, 3.05) is 46.4 Å². The highest BCUT2D eigenvalue weighted by Gasteiger charge is 2.24. The van der Waals surface area contributed by atoms with Crippen molar-refractivity contribution in [1.29, 1.82) is 0 Å². The molecule has 0 saturated carbocycles. The van der Waals surface area contributed by atoms with Gasteiger partial charge in [-0.25, -0.2) is 0 Å². The Balaban J connectivity index is 2.43. The molecular weight excluding hydrogens is 194 g/mol. The summed E-state index contributed by atoms with van der Waals surface area (Å²) < 4.78 is 5.21. The molecule has 0 bridgehead atoms. The van der Waals surface area contributed by atoms with Gasteiger partial charge in [-0.3, -0.25) is 9.69 Å². The predicted octanol–water partition coefficient (Wildman–Crippen LogP) is -0.876. The van der Waals surface area contributed by atoms with E-state index in [1.54, 1.807) is 0 Å². The van der Waals surface area contributed by atoms with Crippen LogP contribution in [0.5, 0.6) is 0 Å². The monoisotopic (exact) mass is 215 g/mol. The third kappa shape index (κ3) is 3.44. The smallest absolute Gasteiger partial charge is 0.239 e. The van der Waals surface area contributed by atoms with Crippen molar-refractivity contribution in [3.8, 4) is 0 Å². The Morgan fingerprint density at radius 3 is 2.67 bits per heavy atom. The van der Waals surface area contributed by atoms with Gasteiger partial charge in [0.1, 0.15) is 0 Å². The molecule has 88 valence electrons. The molecule has 1 aliphatic rings. The summed E-state index contributed by atoms with van der Waals surface area (Å²) in [6, 6.07) is -0.0911. The van der Waals surface area contributed by atoms with Crippen molar-refractivity contribution in [3.63, 3.8) is 0 Å². The van der Waals surface area contributed by atoms with Gasteiger partial charge in [0.25, 0.3) is 0 Å². The Bertz CT molecular complexity index is 205.